The van der Waals surface area contributed by atoms with E-state index in [1.165, 1.54) is 5.56 Å². The third-order valence-corrected chi connectivity index (χ3v) is 6.83. The molecule has 182 valence electrons. The van der Waals surface area contributed by atoms with Crippen molar-refractivity contribution in [3.05, 3.63) is 35.4 Å². The van der Waals surface area contributed by atoms with Crippen molar-refractivity contribution in [1.29, 1.82) is 0 Å². The molecule has 0 saturated carbocycles. The van der Waals surface area contributed by atoms with E-state index in [2.05, 4.69) is 28.1 Å². The maximum absolute atomic E-state index is 13.6. The van der Waals surface area contributed by atoms with Crippen LogP contribution in [0.3, 0.4) is 0 Å². The van der Waals surface area contributed by atoms with Gasteiger partial charge >= 0.3 is 0 Å². The van der Waals surface area contributed by atoms with Gasteiger partial charge in [0.05, 0.1) is 12.1 Å². The van der Waals surface area contributed by atoms with Crippen LogP contribution in [0.4, 0.5) is 0 Å². The predicted molar refractivity (Wildman–Crippen MR) is 128 cm³/mol. The molecule has 1 aromatic carbocycles. The van der Waals surface area contributed by atoms with E-state index in [4.69, 9.17) is 5.73 Å². The molecule has 0 bridgehead atoms. The number of fused-ring (bicyclic) bond motifs is 1. The van der Waals surface area contributed by atoms with E-state index in [0.29, 0.717) is 13.0 Å². The van der Waals surface area contributed by atoms with Crippen molar-refractivity contribution in [3.63, 3.8) is 0 Å². The summed E-state index contributed by atoms with van der Waals surface area (Å²) in [5.74, 6) is -0.703. The Morgan fingerprint density at radius 1 is 1.18 bits per heavy atom. The minimum atomic E-state index is -0.767. The maximum Gasteiger partial charge on any atom is 0.246 e. The summed E-state index contributed by atoms with van der Waals surface area (Å²) in [4.78, 5) is 41.1. The lowest BCUT2D eigenvalue weighted by atomic mass is 9.85. The molecule has 2 aliphatic rings. The molecule has 5 atom stereocenters. The van der Waals surface area contributed by atoms with Gasteiger partial charge in [-0.05, 0) is 56.2 Å². The highest BCUT2D eigenvalue weighted by molar-refractivity contribution is 5.94. The van der Waals surface area contributed by atoms with Gasteiger partial charge in [0.25, 0.3) is 0 Å². The van der Waals surface area contributed by atoms with Crippen molar-refractivity contribution in [3.8, 4) is 0 Å². The monoisotopic (exact) mass is 457 g/mol. The first kappa shape index (κ1) is 25.2. The van der Waals surface area contributed by atoms with Crippen molar-refractivity contribution < 1.29 is 14.4 Å². The first-order valence-electron chi connectivity index (χ1n) is 11.9. The van der Waals surface area contributed by atoms with Crippen LogP contribution in [0.2, 0.25) is 0 Å². The van der Waals surface area contributed by atoms with E-state index >= 15 is 0 Å². The maximum atomic E-state index is 13.6. The molecule has 1 saturated heterocycles. The molecule has 1 aliphatic carbocycles. The first-order valence-corrected chi connectivity index (χ1v) is 11.9. The normalized spacial score (nSPS) is 24.5. The number of likely N-dealkylation sites (tertiary alicyclic amines) is 1. The summed E-state index contributed by atoms with van der Waals surface area (Å²) in [6.07, 6.45) is 3.30. The number of nitrogens with one attached hydrogen (secondary N) is 3. The number of carbonyl (C=O) groups excluding carboxylic acids is 3. The van der Waals surface area contributed by atoms with Gasteiger partial charge in [0.15, 0.2) is 0 Å². The van der Waals surface area contributed by atoms with Crippen LogP contribution in [0, 0.1) is 5.41 Å². The Bertz CT molecular complexity index is 881. The Morgan fingerprint density at radius 2 is 1.88 bits per heavy atom. The molecule has 0 aromatic heterocycles. The van der Waals surface area contributed by atoms with Crippen molar-refractivity contribution in [1.82, 2.24) is 20.9 Å². The smallest absolute Gasteiger partial charge is 0.246 e. The Labute approximate surface area is 197 Å². The third-order valence-electron chi connectivity index (χ3n) is 6.83. The van der Waals surface area contributed by atoms with Gasteiger partial charge < -0.3 is 26.6 Å². The first-order chi connectivity index (χ1) is 15.5. The number of aryl methyl sites for hydroxylation is 1. The van der Waals surface area contributed by atoms with Crippen molar-refractivity contribution >= 4 is 17.7 Å². The molecule has 1 heterocycles. The molecule has 8 heteroatoms. The minimum absolute atomic E-state index is 0.0641. The molecule has 0 spiro atoms. The van der Waals surface area contributed by atoms with E-state index in [1.54, 1.807) is 18.9 Å². The number of hydrogen-bond donors (Lipinski definition) is 4. The van der Waals surface area contributed by atoms with Gasteiger partial charge in [-0.3, -0.25) is 14.4 Å². The van der Waals surface area contributed by atoms with Crippen LogP contribution in [0.25, 0.3) is 0 Å². The number of nitrogens with zero attached hydrogens (tertiary/aromatic N) is 1. The Kier molecular flexibility index (Phi) is 7.80. The topological polar surface area (TPSA) is 117 Å². The lowest BCUT2D eigenvalue weighted by Crippen LogP contribution is -2.59. The zero-order chi connectivity index (χ0) is 24.3. The predicted octanol–water partition coefficient (Wildman–Crippen LogP) is 1.25. The summed E-state index contributed by atoms with van der Waals surface area (Å²) in [6.45, 7) is 7.75. The minimum Gasteiger partial charge on any atom is -0.347 e. The number of likely N-dealkylation sites (N-methyl/N-ethyl adjacent to an activating group) is 1. The average Bonchev–Trinajstić information content (AvgIpc) is 3.17. The summed E-state index contributed by atoms with van der Waals surface area (Å²) >= 11 is 0. The molecule has 33 heavy (non-hydrogen) atoms. The fourth-order valence-electron chi connectivity index (χ4n) is 4.75. The molecular formula is C25H39N5O3. The fraction of sp³-hybridized carbons (Fsp3) is 0.640. The van der Waals surface area contributed by atoms with Crippen molar-refractivity contribution in [2.24, 2.45) is 11.1 Å². The number of carbonyl (C=O) groups is 3. The van der Waals surface area contributed by atoms with Crippen LogP contribution in [0.15, 0.2) is 24.3 Å². The van der Waals surface area contributed by atoms with Crippen LogP contribution in [-0.4, -0.2) is 60.4 Å². The van der Waals surface area contributed by atoms with Crippen LogP contribution in [0.5, 0.6) is 0 Å². The van der Waals surface area contributed by atoms with Crippen LogP contribution in [0.1, 0.15) is 64.1 Å². The summed E-state index contributed by atoms with van der Waals surface area (Å²) in [5.41, 5.74) is 8.09. The second kappa shape index (κ2) is 10.2. The van der Waals surface area contributed by atoms with E-state index in [0.717, 1.165) is 24.8 Å². The molecule has 5 N–H and O–H groups in total. The molecule has 1 fully saturated rings. The molecule has 3 amide bonds. The Balaban J connectivity index is 1.78. The molecule has 0 radical (unpaired) electrons. The Hall–Kier alpha value is -2.45. The summed E-state index contributed by atoms with van der Waals surface area (Å²) < 4.78 is 0. The van der Waals surface area contributed by atoms with E-state index in [1.807, 2.05) is 32.9 Å². The summed E-state index contributed by atoms with van der Waals surface area (Å²) in [6, 6.07) is 5.99. The lowest BCUT2D eigenvalue weighted by Gasteiger charge is -2.36. The molecule has 1 aromatic rings. The molecule has 8 nitrogen and oxygen atoms in total. The molecule has 3 rings (SSSR count). The lowest BCUT2D eigenvalue weighted by molar-refractivity contribution is -0.144. The standard InChI is InChI=1S/C25H39N5O3/c1-15(27-5)22(31)29-21(25(2,3)4)24(33)30-14-17(26)13-20(30)23(32)28-19-12-8-10-16-9-6-7-11-18(16)19/h6-7,9,11,15,17,19-21,27H,8,10,12-14,26H2,1-5H3,(H,28,32)(H,29,31)/t15-,17-,19+,20-,21+/m0/s1. The van der Waals surface area contributed by atoms with Crippen LogP contribution >= 0.6 is 0 Å². The highest BCUT2D eigenvalue weighted by atomic mass is 16.2. The highest BCUT2D eigenvalue weighted by Gasteiger charge is 2.44. The van der Waals surface area contributed by atoms with Crippen LogP contribution < -0.4 is 21.7 Å². The highest BCUT2D eigenvalue weighted by Crippen LogP contribution is 2.31. The zero-order valence-electron chi connectivity index (χ0n) is 20.5. The van der Waals surface area contributed by atoms with Gasteiger partial charge in [-0.2, -0.15) is 0 Å². The van der Waals surface area contributed by atoms with Gasteiger partial charge in [0, 0.05) is 12.6 Å². The van der Waals surface area contributed by atoms with Crippen LogP contribution in [-0.2, 0) is 20.8 Å². The number of nitrogens with two attached hydrogens (primary N) is 1. The average molecular weight is 458 g/mol. The van der Waals surface area contributed by atoms with Crippen molar-refractivity contribution in [2.75, 3.05) is 13.6 Å². The molecule has 1 aliphatic heterocycles. The van der Waals surface area contributed by atoms with Gasteiger partial charge in [0.2, 0.25) is 17.7 Å². The van der Waals surface area contributed by atoms with Crippen molar-refractivity contribution in [2.45, 2.75) is 83.6 Å². The second-order valence-electron chi connectivity index (χ2n) is 10.5. The number of benzene rings is 1. The second-order valence-corrected chi connectivity index (χ2v) is 10.5. The van der Waals surface area contributed by atoms with Gasteiger partial charge in [-0.25, -0.2) is 0 Å². The Morgan fingerprint density at radius 3 is 2.55 bits per heavy atom. The van der Waals surface area contributed by atoms with E-state index in [-0.39, 0.29) is 29.8 Å². The molecular weight excluding hydrogens is 418 g/mol. The fourth-order valence-corrected chi connectivity index (χ4v) is 4.75. The zero-order valence-corrected chi connectivity index (χ0v) is 20.5. The summed E-state index contributed by atoms with van der Waals surface area (Å²) in [7, 11) is 1.70. The number of amides is 3. The molecule has 0 unspecified atom stereocenters. The van der Waals surface area contributed by atoms with Gasteiger partial charge in [0.1, 0.15) is 12.1 Å². The number of hydrogen-bond acceptors (Lipinski definition) is 5. The van der Waals surface area contributed by atoms with Gasteiger partial charge in [-0.1, -0.05) is 45.0 Å². The quantitative estimate of drug-likeness (QED) is 0.513. The van der Waals surface area contributed by atoms with E-state index < -0.39 is 23.5 Å². The largest absolute Gasteiger partial charge is 0.347 e. The SMILES string of the molecule is CN[C@@H](C)C(=O)N[C@H](C(=O)N1C[C@@H](N)C[C@H]1C(=O)N[C@@H]1CCCc2ccccc21)C(C)(C)C. The van der Waals surface area contributed by atoms with E-state index in [9.17, 15) is 14.4 Å². The summed E-state index contributed by atoms with van der Waals surface area (Å²) in [5, 5.41) is 8.97. The van der Waals surface area contributed by atoms with Gasteiger partial charge in [-0.15, -0.1) is 0 Å². The number of rotatable bonds is 6. The third kappa shape index (κ3) is 5.73.